The molecule has 3 aromatic rings. The maximum Gasteiger partial charge on any atom is 0.309 e. The van der Waals surface area contributed by atoms with Gasteiger partial charge >= 0.3 is 5.97 Å². The first kappa shape index (κ1) is 23.3. The van der Waals surface area contributed by atoms with Crippen molar-refractivity contribution in [3.63, 3.8) is 0 Å². The van der Waals surface area contributed by atoms with Crippen molar-refractivity contribution < 1.29 is 9.53 Å². The number of carbonyl (C=O) groups is 1. The average Bonchev–Trinajstić information content (AvgIpc) is 2.82. The van der Waals surface area contributed by atoms with Gasteiger partial charge in [-0.25, -0.2) is 0 Å². The van der Waals surface area contributed by atoms with Gasteiger partial charge in [0.25, 0.3) is 0 Å². The van der Waals surface area contributed by atoms with Gasteiger partial charge in [0.15, 0.2) is 0 Å². The normalized spacial score (nSPS) is 11.1. The highest BCUT2D eigenvalue weighted by molar-refractivity contribution is 5.72. The molecule has 0 radical (unpaired) electrons. The van der Waals surface area contributed by atoms with Gasteiger partial charge in [0, 0.05) is 13.1 Å². The van der Waals surface area contributed by atoms with E-state index in [4.69, 9.17) is 16.2 Å². The molecule has 30 heavy (non-hydrogen) atoms. The van der Waals surface area contributed by atoms with Gasteiger partial charge in [-0.05, 0) is 36.0 Å². The van der Waals surface area contributed by atoms with Crippen LogP contribution in [0.4, 0.5) is 0 Å². The van der Waals surface area contributed by atoms with E-state index in [1.165, 1.54) is 11.1 Å². The van der Waals surface area contributed by atoms with Crippen molar-refractivity contribution in [1.29, 1.82) is 0 Å². The lowest BCUT2D eigenvalue weighted by Gasteiger charge is -2.16. The van der Waals surface area contributed by atoms with E-state index < -0.39 is 0 Å². The molecule has 0 aromatic heterocycles. The maximum absolute atomic E-state index is 12.7. The van der Waals surface area contributed by atoms with Gasteiger partial charge in [0.1, 0.15) is 6.61 Å². The van der Waals surface area contributed by atoms with Crippen molar-refractivity contribution in [3.8, 4) is 0 Å². The lowest BCUT2D eigenvalue weighted by Crippen LogP contribution is -2.21. The molecule has 1 unspecified atom stereocenters. The summed E-state index contributed by atoms with van der Waals surface area (Å²) in [5, 5.41) is 0. The summed E-state index contributed by atoms with van der Waals surface area (Å²) in [6.45, 7) is 1.52. The van der Waals surface area contributed by atoms with E-state index in [9.17, 15) is 4.79 Å². The molecule has 1 atom stereocenters. The van der Waals surface area contributed by atoms with Gasteiger partial charge in [-0.15, -0.1) is 0 Å². The van der Waals surface area contributed by atoms with Crippen LogP contribution in [0.1, 0.15) is 23.1 Å². The van der Waals surface area contributed by atoms with Crippen molar-refractivity contribution in [2.24, 2.45) is 17.4 Å². The molecular weight excluding hydrogens is 372 g/mol. The number of ether oxygens (including phenoxy) is 1. The third-order valence-electron chi connectivity index (χ3n) is 4.67. The first-order valence-electron chi connectivity index (χ1n) is 10.4. The standard InChI is InChI=1S/C24H24O2.C2H8N2/c25-24(26-19-22-14-8-3-9-15-22)23(18-21-12-6-2-7-13-21)17-16-20-10-4-1-5-11-20;3-1-2-4/h1-15,23H,16-19H2;1-4H2. The highest BCUT2D eigenvalue weighted by Crippen LogP contribution is 2.18. The largest absolute Gasteiger partial charge is 0.461 e. The van der Waals surface area contributed by atoms with Gasteiger partial charge in [0.2, 0.25) is 0 Å². The Bertz CT molecular complexity index is 821. The first-order chi connectivity index (χ1) is 14.7. The monoisotopic (exact) mass is 404 g/mol. The number of aryl methyl sites for hydroxylation is 1. The summed E-state index contributed by atoms with van der Waals surface area (Å²) in [5.74, 6) is -0.255. The van der Waals surface area contributed by atoms with E-state index in [0.717, 1.165) is 18.4 Å². The molecule has 4 heteroatoms. The Morgan fingerprint density at radius 3 is 1.67 bits per heavy atom. The summed E-state index contributed by atoms with van der Waals surface area (Å²) >= 11 is 0. The van der Waals surface area contributed by atoms with E-state index in [2.05, 4.69) is 24.3 Å². The van der Waals surface area contributed by atoms with E-state index in [-0.39, 0.29) is 11.9 Å². The highest BCUT2D eigenvalue weighted by Gasteiger charge is 2.20. The molecule has 0 saturated heterocycles. The second-order valence-electron chi connectivity index (χ2n) is 7.08. The Morgan fingerprint density at radius 2 is 1.17 bits per heavy atom. The van der Waals surface area contributed by atoms with Gasteiger partial charge in [-0.1, -0.05) is 91.0 Å². The van der Waals surface area contributed by atoms with Crippen LogP contribution in [-0.4, -0.2) is 19.1 Å². The lowest BCUT2D eigenvalue weighted by molar-refractivity contribution is -0.150. The fraction of sp³-hybridized carbons (Fsp3) is 0.269. The molecule has 158 valence electrons. The molecule has 3 aromatic carbocycles. The molecule has 3 rings (SSSR count). The highest BCUT2D eigenvalue weighted by atomic mass is 16.5. The van der Waals surface area contributed by atoms with Gasteiger partial charge < -0.3 is 16.2 Å². The van der Waals surface area contributed by atoms with E-state index in [1.54, 1.807) is 0 Å². The van der Waals surface area contributed by atoms with Crippen LogP contribution in [0.2, 0.25) is 0 Å². The molecule has 0 heterocycles. The van der Waals surface area contributed by atoms with Crippen LogP contribution >= 0.6 is 0 Å². The van der Waals surface area contributed by atoms with Crippen LogP contribution in [-0.2, 0) is 29.0 Å². The second kappa shape index (κ2) is 14.1. The van der Waals surface area contributed by atoms with Crippen LogP contribution in [0, 0.1) is 5.92 Å². The molecule has 0 aliphatic rings. The molecule has 0 spiro atoms. The summed E-state index contributed by atoms with van der Waals surface area (Å²) in [4.78, 5) is 12.7. The predicted octanol–water partition coefficient (Wildman–Crippen LogP) is 4.13. The van der Waals surface area contributed by atoms with Crippen LogP contribution in [0.5, 0.6) is 0 Å². The SMILES string of the molecule is NCCN.O=C(OCc1ccccc1)C(CCc1ccccc1)Cc1ccccc1. The Kier molecular flexibility index (Phi) is 11.0. The summed E-state index contributed by atoms with van der Waals surface area (Å²) < 4.78 is 5.61. The maximum atomic E-state index is 12.7. The number of hydrogen-bond donors (Lipinski definition) is 2. The van der Waals surface area contributed by atoms with Gasteiger partial charge in [-0.3, -0.25) is 4.79 Å². The Labute approximate surface area is 179 Å². The fourth-order valence-electron chi connectivity index (χ4n) is 3.03. The number of rotatable bonds is 9. The summed E-state index contributed by atoms with van der Waals surface area (Å²) in [6.07, 6.45) is 2.37. The molecular formula is C26H32N2O2. The zero-order valence-corrected chi connectivity index (χ0v) is 17.5. The van der Waals surface area contributed by atoms with Crippen LogP contribution in [0.3, 0.4) is 0 Å². The lowest BCUT2D eigenvalue weighted by atomic mass is 9.93. The fourth-order valence-corrected chi connectivity index (χ4v) is 3.03. The number of carbonyl (C=O) groups excluding carboxylic acids is 1. The Hall–Kier alpha value is -2.95. The molecule has 0 saturated carbocycles. The Balaban J connectivity index is 0.000000735. The Morgan fingerprint density at radius 1 is 0.700 bits per heavy atom. The summed E-state index contributed by atoms with van der Waals surface area (Å²) in [5.41, 5.74) is 13.2. The molecule has 4 nitrogen and oxygen atoms in total. The third kappa shape index (κ3) is 9.03. The van der Waals surface area contributed by atoms with Crippen molar-refractivity contribution in [2.75, 3.05) is 13.1 Å². The van der Waals surface area contributed by atoms with Gasteiger partial charge in [-0.2, -0.15) is 0 Å². The number of esters is 1. The molecule has 0 aliphatic carbocycles. The minimum Gasteiger partial charge on any atom is -0.461 e. The quantitative estimate of drug-likeness (QED) is 0.526. The molecule has 0 bridgehead atoms. The summed E-state index contributed by atoms with van der Waals surface area (Å²) in [6, 6.07) is 30.3. The predicted molar refractivity (Wildman–Crippen MR) is 123 cm³/mol. The average molecular weight is 405 g/mol. The van der Waals surface area contributed by atoms with Crippen molar-refractivity contribution in [3.05, 3.63) is 108 Å². The number of benzene rings is 3. The third-order valence-corrected chi connectivity index (χ3v) is 4.67. The zero-order chi connectivity index (χ0) is 21.4. The minimum absolute atomic E-state index is 0.117. The van der Waals surface area contributed by atoms with Crippen LogP contribution in [0.25, 0.3) is 0 Å². The first-order valence-corrected chi connectivity index (χ1v) is 10.4. The van der Waals surface area contributed by atoms with Crippen LogP contribution in [0.15, 0.2) is 91.0 Å². The minimum atomic E-state index is -0.138. The van der Waals surface area contributed by atoms with E-state index >= 15 is 0 Å². The van der Waals surface area contributed by atoms with Gasteiger partial charge in [0.05, 0.1) is 5.92 Å². The van der Waals surface area contributed by atoms with Crippen molar-refractivity contribution >= 4 is 5.97 Å². The van der Waals surface area contributed by atoms with Crippen LogP contribution < -0.4 is 11.5 Å². The molecule has 4 N–H and O–H groups in total. The van der Waals surface area contributed by atoms with Crippen molar-refractivity contribution in [1.82, 2.24) is 0 Å². The van der Waals surface area contributed by atoms with E-state index in [0.29, 0.717) is 26.1 Å². The van der Waals surface area contributed by atoms with E-state index in [1.807, 2.05) is 66.7 Å². The second-order valence-corrected chi connectivity index (χ2v) is 7.08. The molecule has 0 amide bonds. The summed E-state index contributed by atoms with van der Waals surface area (Å²) in [7, 11) is 0. The smallest absolute Gasteiger partial charge is 0.309 e. The van der Waals surface area contributed by atoms with Crippen molar-refractivity contribution in [2.45, 2.75) is 25.9 Å². The topological polar surface area (TPSA) is 78.3 Å². The number of nitrogens with two attached hydrogens (primary N) is 2. The molecule has 0 fully saturated rings. The zero-order valence-electron chi connectivity index (χ0n) is 17.5. The molecule has 0 aliphatic heterocycles. The number of hydrogen-bond acceptors (Lipinski definition) is 4.